The highest BCUT2D eigenvalue weighted by Gasteiger charge is 2.31. The van der Waals surface area contributed by atoms with Crippen LogP contribution in [0.2, 0.25) is 0 Å². The molecule has 0 aliphatic carbocycles. The number of hydroxylamine groups is 2. The third-order valence-corrected chi connectivity index (χ3v) is 7.21. The number of rotatable bonds is 12. The summed E-state index contributed by atoms with van der Waals surface area (Å²) in [5.41, 5.74) is 1.48. The Hall–Kier alpha value is -3.69. The van der Waals surface area contributed by atoms with Gasteiger partial charge in [-0.05, 0) is 44.1 Å². The SMILES string of the molecule is CCOC(=O)[C@H](CNC(=O)[C@@H]1CCCN(C(=O)CCC2CCN(OCc3ccccc3)C(=C=O)C2)C1)NC(C)=O. The Morgan fingerprint density at radius 2 is 1.90 bits per heavy atom. The number of ether oxygens (including phenoxy) is 1. The largest absolute Gasteiger partial charge is 0.464 e. The molecule has 2 fully saturated rings. The van der Waals surface area contributed by atoms with Crippen molar-refractivity contribution in [3.63, 3.8) is 0 Å². The van der Waals surface area contributed by atoms with E-state index in [1.54, 1.807) is 16.9 Å². The van der Waals surface area contributed by atoms with Crippen molar-refractivity contribution in [1.29, 1.82) is 0 Å². The van der Waals surface area contributed by atoms with Crippen LogP contribution >= 0.6 is 0 Å². The Kier molecular flexibility index (Phi) is 12.2. The van der Waals surface area contributed by atoms with Crippen molar-refractivity contribution in [2.75, 3.05) is 32.8 Å². The van der Waals surface area contributed by atoms with Gasteiger partial charge in [0.1, 0.15) is 17.7 Å². The summed E-state index contributed by atoms with van der Waals surface area (Å²) in [6.07, 6.45) is 3.62. The van der Waals surface area contributed by atoms with Crippen LogP contribution in [0, 0.1) is 11.8 Å². The number of allylic oxidation sites excluding steroid dienone is 1. The average Bonchev–Trinajstić information content (AvgIpc) is 2.97. The van der Waals surface area contributed by atoms with Gasteiger partial charge < -0.3 is 20.3 Å². The van der Waals surface area contributed by atoms with E-state index in [1.165, 1.54) is 6.92 Å². The molecule has 0 saturated carbocycles. The molecule has 3 atom stereocenters. The van der Waals surface area contributed by atoms with Gasteiger partial charge in [0.05, 0.1) is 19.1 Å². The van der Waals surface area contributed by atoms with Crippen LogP contribution in [-0.2, 0) is 40.2 Å². The van der Waals surface area contributed by atoms with Gasteiger partial charge in [0.2, 0.25) is 17.7 Å². The van der Waals surface area contributed by atoms with Gasteiger partial charge >= 0.3 is 5.97 Å². The maximum Gasteiger partial charge on any atom is 0.330 e. The van der Waals surface area contributed by atoms with Crippen LogP contribution < -0.4 is 10.6 Å². The second-order valence-corrected chi connectivity index (χ2v) is 10.2. The molecule has 2 aliphatic heterocycles. The van der Waals surface area contributed by atoms with Gasteiger partial charge in [-0.1, -0.05) is 30.3 Å². The number of carbonyl (C=O) groups is 4. The highest BCUT2D eigenvalue weighted by atomic mass is 16.7. The highest BCUT2D eigenvalue weighted by Crippen LogP contribution is 2.29. The first-order valence-electron chi connectivity index (χ1n) is 14.0. The molecule has 11 nitrogen and oxygen atoms in total. The summed E-state index contributed by atoms with van der Waals surface area (Å²) >= 11 is 0. The van der Waals surface area contributed by atoms with Crippen LogP contribution in [0.25, 0.3) is 0 Å². The number of piperidine rings is 2. The van der Waals surface area contributed by atoms with Gasteiger partial charge in [0.25, 0.3) is 0 Å². The molecule has 3 amide bonds. The van der Waals surface area contributed by atoms with E-state index in [1.807, 2.05) is 36.3 Å². The van der Waals surface area contributed by atoms with Crippen molar-refractivity contribution >= 4 is 29.6 Å². The highest BCUT2D eigenvalue weighted by molar-refractivity contribution is 5.85. The smallest absolute Gasteiger partial charge is 0.330 e. The first kappa shape index (κ1) is 30.8. The first-order valence-corrected chi connectivity index (χ1v) is 14.0. The van der Waals surface area contributed by atoms with E-state index in [4.69, 9.17) is 9.57 Å². The molecular weight excluding hydrogens is 516 g/mol. The minimum absolute atomic E-state index is 0.0143. The van der Waals surface area contributed by atoms with Crippen molar-refractivity contribution in [2.24, 2.45) is 11.8 Å². The topological polar surface area (TPSA) is 134 Å². The van der Waals surface area contributed by atoms with E-state index in [-0.39, 0.29) is 30.9 Å². The number of nitrogens with zero attached hydrogens (tertiary/aromatic N) is 2. The normalized spacial score (nSPS) is 19.8. The Morgan fingerprint density at radius 1 is 1.12 bits per heavy atom. The Labute approximate surface area is 235 Å². The Morgan fingerprint density at radius 3 is 2.60 bits per heavy atom. The zero-order chi connectivity index (χ0) is 28.9. The summed E-state index contributed by atoms with van der Waals surface area (Å²) in [7, 11) is 0. The molecule has 3 rings (SSSR count). The van der Waals surface area contributed by atoms with E-state index in [2.05, 4.69) is 10.6 Å². The van der Waals surface area contributed by atoms with E-state index in [0.717, 1.165) is 12.0 Å². The number of likely N-dealkylation sites (tertiary alicyclic amines) is 1. The van der Waals surface area contributed by atoms with Crippen LogP contribution in [0.15, 0.2) is 36.0 Å². The third kappa shape index (κ3) is 9.50. The fourth-order valence-corrected chi connectivity index (χ4v) is 5.05. The maximum absolute atomic E-state index is 13.0. The summed E-state index contributed by atoms with van der Waals surface area (Å²) in [5.74, 6) is 0.500. The van der Waals surface area contributed by atoms with Gasteiger partial charge in [-0.15, -0.1) is 0 Å². The van der Waals surface area contributed by atoms with E-state index in [0.29, 0.717) is 64.0 Å². The second kappa shape index (κ2) is 15.8. The summed E-state index contributed by atoms with van der Waals surface area (Å²) < 4.78 is 4.97. The Bertz CT molecular complexity index is 1070. The van der Waals surface area contributed by atoms with Gasteiger partial charge in [-0.2, -0.15) is 0 Å². The molecule has 2 aliphatic rings. The fraction of sp³-hybridized carbons (Fsp3) is 0.586. The molecule has 0 radical (unpaired) electrons. The van der Waals surface area contributed by atoms with E-state index >= 15 is 0 Å². The first-order chi connectivity index (χ1) is 19.3. The third-order valence-electron chi connectivity index (χ3n) is 7.21. The van der Waals surface area contributed by atoms with Crippen molar-refractivity contribution in [3.05, 3.63) is 41.6 Å². The van der Waals surface area contributed by atoms with E-state index < -0.39 is 23.8 Å². The number of hydrogen-bond donors (Lipinski definition) is 2. The minimum Gasteiger partial charge on any atom is -0.464 e. The number of hydrogen-bond acceptors (Lipinski definition) is 8. The van der Waals surface area contributed by atoms with Crippen LogP contribution in [-0.4, -0.2) is 78.4 Å². The van der Waals surface area contributed by atoms with Crippen LogP contribution in [0.4, 0.5) is 0 Å². The quantitative estimate of drug-likeness (QED) is 0.294. The predicted molar refractivity (Wildman–Crippen MR) is 146 cm³/mol. The summed E-state index contributed by atoms with van der Waals surface area (Å²) in [6, 6.07) is 8.76. The predicted octanol–water partition coefficient (Wildman–Crippen LogP) is 1.75. The molecule has 11 heteroatoms. The van der Waals surface area contributed by atoms with Gasteiger partial charge in [-0.25, -0.2) is 14.7 Å². The number of esters is 1. The van der Waals surface area contributed by atoms with Gasteiger partial charge in [-0.3, -0.25) is 19.2 Å². The molecule has 0 aromatic heterocycles. The zero-order valence-corrected chi connectivity index (χ0v) is 23.4. The van der Waals surface area contributed by atoms with Gasteiger partial charge in [0.15, 0.2) is 0 Å². The molecule has 2 heterocycles. The molecule has 1 aromatic carbocycles. The number of nitrogens with one attached hydrogen (secondary N) is 2. The number of carbonyl (C=O) groups excluding carboxylic acids is 5. The van der Waals surface area contributed by atoms with Crippen molar-refractivity contribution in [1.82, 2.24) is 20.6 Å². The Balaban J connectivity index is 1.43. The van der Waals surface area contributed by atoms with Crippen molar-refractivity contribution in [3.8, 4) is 0 Å². The number of amides is 3. The second-order valence-electron chi connectivity index (χ2n) is 10.2. The lowest BCUT2D eigenvalue weighted by atomic mass is 9.90. The van der Waals surface area contributed by atoms with Crippen LogP contribution in [0.1, 0.15) is 57.9 Å². The molecule has 0 spiro atoms. The summed E-state index contributed by atoms with van der Waals surface area (Å²) in [4.78, 5) is 68.5. The number of benzene rings is 1. The maximum atomic E-state index is 13.0. The standard InChI is InChI=1S/C29H40N4O7/c1-3-39-29(38)26(31-21(2)35)17-30-28(37)24-10-7-14-32(18-24)27(36)12-11-22-13-15-33(25(16-22)19-34)40-20-23-8-5-4-6-9-23/h4-6,8-9,22,24,26H,3,7,10-18,20H2,1-2H3,(H,30,37)(H,31,35)/t22?,24-,26+/m1/s1. The molecule has 218 valence electrons. The van der Waals surface area contributed by atoms with E-state index in [9.17, 15) is 24.0 Å². The molecule has 2 N–H and O–H groups in total. The monoisotopic (exact) mass is 556 g/mol. The van der Waals surface area contributed by atoms with Crippen molar-refractivity contribution in [2.45, 2.75) is 65.0 Å². The van der Waals surface area contributed by atoms with Gasteiger partial charge in [0, 0.05) is 45.9 Å². The molecule has 1 unspecified atom stereocenters. The van der Waals surface area contributed by atoms with Crippen LogP contribution in [0.3, 0.4) is 0 Å². The molecule has 40 heavy (non-hydrogen) atoms. The molecule has 1 aromatic rings. The minimum atomic E-state index is -0.969. The zero-order valence-electron chi connectivity index (χ0n) is 23.4. The summed E-state index contributed by atoms with van der Waals surface area (Å²) in [5, 5.41) is 6.84. The molecule has 0 bridgehead atoms. The molecular formula is C29H40N4O7. The lowest BCUT2D eigenvalue weighted by molar-refractivity contribution is -0.155. The summed E-state index contributed by atoms with van der Waals surface area (Å²) in [6.45, 7) is 4.86. The molecule has 2 saturated heterocycles. The lowest BCUT2D eigenvalue weighted by Gasteiger charge is -2.34. The van der Waals surface area contributed by atoms with Crippen LogP contribution in [0.5, 0.6) is 0 Å². The lowest BCUT2D eigenvalue weighted by Crippen LogP contribution is -2.51. The average molecular weight is 557 g/mol. The van der Waals surface area contributed by atoms with Crippen molar-refractivity contribution < 1.29 is 33.5 Å². The fourth-order valence-electron chi connectivity index (χ4n) is 5.05.